The Morgan fingerprint density at radius 1 is 1.00 bits per heavy atom. The van der Waals surface area contributed by atoms with Crippen LogP contribution >= 0.6 is 0 Å². The summed E-state index contributed by atoms with van der Waals surface area (Å²) in [4.78, 5) is 19.6. The minimum atomic E-state index is -0.260. The lowest BCUT2D eigenvalue weighted by Gasteiger charge is -2.38. The van der Waals surface area contributed by atoms with Gasteiger partial charge in [0.2, 0.25) is 0 Å². The van der Waals surface area contributed by atoms with Crippen LogP contribution in [0.5, 0.6) is 11.5 Å². The molecule has 0 aliphatic carbocycles. The molecule has 2 N–H and O–H groups in total. The van der Waals surface area contributed by atoms with Crippen molar-refractivity contribution < 1.29 is 14.3 Å². The SMILES string of the molecule is COc1cc(NC(=O)NCC(c2ccc(N(C)C)cc2)N2CCN(C)CC2)cc(OC)c1. The molecule has 1 atom stereocenters. The number of carbonyl (C=O) groups excluding carboxylic acids is 1. The Hall–Kier alpha value is -2.97. The van der Waals surface area contributed by atoms with Gasteiger partial charge in [-0.15, -0.1) is 0 Å². The molecule has 1 aliphatic rings. The topological polar surface area (TPSA) is 69.3 Å². The summed E-state index contributed by atoms with van der Waals surface area (Å²) in [6.07, 6.45) is 0. The molecule has 0 bridgehead atoms. The van der Waals surface area contributed by atoms with Crippen LogP contribution in [0.25, 0.3) is 0 Å². The Labute approximate surface area is 191 Å². The van der Waals surface area contributed by atoms with Gasteiger partial charge in [-0.1, -0.05) is 12.1 Å². The minimum absolute atomic E-state index is 0.102. The van der Waals surface area contributed by atoms with Gasteiger partial charge in [0.15, 0.2) is 0 Å². The van der Waals surface area contributed by atoms with Crippen LogP contribution in [-0.2, 0) is 0 Å². The van der Waals surface area contributed by atoms with Gasteiger partial charge in [-0.05, 0) is 24.7 Å². The van der Waals surface area contributed by atoms with E-state index in [1.54, 1.807) is 32.4 Å². The molecule has 8 nitrogen and oxygen atoms in total. The van der Waals surface area contributed by atoms with E-state index in [0.29, 0.717) is 23.7 Å². The molecule has 1 aliphatic heterocycles. The molecule has 8 heteroatoms. The van der Waals surface area contributed by atoms with Gasteiger partial charge >= 0.3 is 6.03 Å². The maximum absolute atomic E-state index is 12.7. The zero-order valence-electron chi connectivity index (χ0n) is 19.7. The van der Waals surface area contributed by atoms with Crippen LogP contribution in [0.4, 0.5) is 16.2 Å². The van der Waals surface area contributed by atoms with E-state index in [4.69, 9.17) is 9.47 Å². The number of piperazine rings is 1. The molecule has 32 heavy (non-hydrogen) atoms. The first-order valence-corrected chi connectivity index (χ1v) is 10.9. The summed E-state index contributed by atoms with van der Waals surface area (Å²) in [5, 5.41) is 5.94. The highest BCUT2D eigenvalue weighted by Gasteiger charge is 2.24. The van der Waals surface area contributed by atoms with Gasteiger partial charge in [-0.3, -0.25) is 4.90 Å². The maximum atomic E-state index is 12.7. The number of carbonyl (C=O) groups is 1. The second-order valence-electron chi connectivity index (χ2n) is 8.28. The first-order valence-electron chi connectivity index (χ1n) is 10.9. The van der Waals surface area contributed by atoms with Crippen molar-refractivity contribution in [1.82, 2.24) is 15.1 Å². The normalized spacial score (nSPS) is 15.7. The van der Waals surface area contributed by atoms with E-state index in [9.17, 15) is 4.79 Å². The van der Waals surface area contributed by atoms with Crippen molar-refractivity contribution >= 4 is 17.4 Å². The number of nitrogens with one attached hydrogen (secondary N) is 2. The Kier molecular flexibility index (Phi) is 8.19. The number of likely N-dealkylation sites (N-methyl/N-ethyl adjacent to an activating group) is 1. The van der Waals surface area contributed by atoms with E-state index in [1.807, 2.05) is 14.1 Å². The second-order valence-corrected chi connectivity index (χ2v) is 8.28. The smallest absolute Gasteiger partial charge is 0.319 e. The van der Waals surface area contributed by atoms with E-state index in [1.165, 1.54) is 5.56 Å². The lowest BCUT2D eigenvalue weighted by molar-refractivity contribution is 0.111. The van der Waals surface area contributed by atoms with Crippen LogP contribution in [0, 0.1) is 0 Å². The van der Waals surface area contributed by atoms with Crippen LogP contribution in [0.3, 0.4) is 0 Å². The molecule has 1 fully saturated rings. The Bertz CT molecular complexity index is 857. The van der Waals surface area contributed by atoms with Crippen LogP contribution in [-0.4, -0.2) is 83.9 Å². The summed E-state index contributed by atoms with van der Waals surface area (Å²) < 4.78 is 10.6. The van der Waals surface area contributed by atoms with Gasteiger partial charge in [0.25, 0.3) is 0 Å². The number of nitrogens with zero attached hydrogens (tertiary/aromatic N) is 3. The van der Waals surface area contributed by atoms with Crippen LogP contribution in [0.15, 0.2) is 42.5 Å². The fourth-order valence-corrected chi connectivity index (χ4v) is 3.83. The van der Waals surface area contributed by atoms with Gasteiger partial charge < -0.3 is 29.9 Å². The summed E-state index contributed by atoms with van der Waals surface area (Å²) in [5.41, 5.74) is 2.97. The van der Waals surface area contributed by atoms with Gasteiger partial charge in [0, 0.05) is 76.4 Å². The molecule has 174 valence electrons. The summed E-state index contributed by atoms with van der Waals surface area (Å²) in [7, 11) is 9.38. The largest absolute Gasteiger partial charge is 0.497 e. The Morgan fingerprint density at radius 2 is 1.59 bits per heavy atom. The quantitative estimate of drug-likeness (QED) is 0.657. The van der Waals surface area contributed by atoms with E-state index in [0.717, 1.165) is 31.9 Å². The highest BCUT2D eigenvalue weighted by molar-refractivity contribution is 5.89. The molecule has 0 saturated carbocycles. The maximum Gasteiger partial charge on any atom is 0.319 e. The molecule has 1 unspecified atom stereocenters. The van der Waals surface area contributed by atoms with E-state index in [-0.39, 0.29) is 12.1 Å². The first-order chi connectivity index (χ1) is 15.4. The van der Waals surface area contributed by atoms with E-state index >= 15 is 0 Å². The monoisotopic (exact) mass is 441 g/mol. The van der Waals surface area contributed by atoms with Crippen LogP contribution in [0.1, 0.15) is 11.6 Å². The molecule has 0 radical (unpaired) electrons. The zero-order chi connectivity index (χ0) is 23.1. The molecule has 2 amide bonds. The first kappa shape index (κ1) is 23.7. The fourth-order valence-electron chi connectivity index (χ4n) is 3.83. The molecular weight excluding hydrogens is 406 g/mol. The second kappa shape index (κ2) is 11.1. The van der Waals surface area contributed by atoms with Crippen molar-refractivity contribution in [2.45, 2.75) is 6.04 Å². The number of anilines is 2. The zero-order valence-corrected chi connectivity index (χ0v) is 19.7. The van der Waals surface area contributed by atoms with Crippen molar-refractivity contribution in [3.8, 4) is 11.5 Å². The Balaban J connectivity index is 1.70. The molecule has 1 saturated heterocycles. The van der Waals surface area contributed by atoms with Gasteiger partial charge in [-0.25, -0.2) is 4.79 Å². The number of hydrogen-bond acceptors (Lipinski definition) is 6. The van der Waals surface area contributed by atoms with Crippen LogP contribution in [0.2, 0.25) is 0 Å². The predicted molar refractivity (Wildman–Crippen MR) is 129 cm³/mol. The van der Waals surface area contributed by atoms with Gasteiger partial charge in [0.05, 0.1) is 20.3 Å². The molecule has 1 heterocycles. The lowest BCUT2D eigenvalue weighted by Crippen LogP contribution is -2.48. The molecule has 0 aromatic heterocycles. The third-order valence-electron chi connectivity index (χ3n) is 5.84. The lowest BCUT2D eigenvalue weighted by atomic mass is 10.0. The van der Waals surface area contributed by atoms with E-state index < -0.39 is 0 Å². The highest BCUT2D eigenvalue weighted by Crippen LogP contribution is 2.26. The number of ether oxygens (including phenoxy) is 2. The van der Waals surface area contributed by atoms with Crippen molar-refractivity contribution in [1.29, 1.82) is 0 Å². The van der Waals surface area contributed by atoms with Crippen molar-refractivity contribution in [2.75, 3.05) is 78.3 Å². The standard InChI is InChI=1S/C24H35N5O3/c1-27(2)20-8-6-18(7-9-20)23(29-12-10-28(3)11-13-29)17-25-24(30)26-19-14-21(31-4)16-22(15-19)32-5/h6-9,14-16,23H,10-13,17H2,1-5H3,(H2,25,26,30). The number of hydrogen-bond donors (Lipinski definition) is 2. The number of benzene rings is 2. The summed E-state index contributed by atoms with van der Waals surface area (Å²) >= 11 is 0. The van der Waals surface area contributed by atoms with Crippen molar-refractivity contribution in [3.63, 3.8) is 0 Å². The average Bonchev–Trinajstić information content (AvgIpc) is 2.80. The predicted octanol–water partition coefficient (Wildman–Crippen LogP) is 2.88. The van der Waals surface area contributed by atoms with Gasteiger partial charge in [0.1, 0.15) is 11.5 Å². The number of amides is 2. The van der Waals surface area contributed by atoms with Crippen molar-refractivity contribution in [2.24, 2.45) is 0 Å². The van der Waals surface area contributed by atoms with Crippen LogP contribution < -0.4 is 25.0 Å². The summed E-state index contributed by atoms with van der Waals surface area (Å²) in [6.45, 7) is 4.47. The summed E-state index contributed by atoms with van der Waals surface area (Å²) in [6, 6.07) is 13.7. The molecule has 2 aromatic rings. The number of rotatable bonds is 8. The minimum Gasteiger partial charge on any atom is -0.497 e. The number of methoxy groups -OCH3 is 2. The molecule has 2 aromatic carbocycles. The fraction of sp³-hybridized carbons (Fsp3) is 0.458. The molecule has 3 rings (SSSR count). The average molecular weight is 442 g/mol. The van der Waals surface area contributed by atoms with E-state index in [2.05, 4.69) is 56.6 Å². The number of urea groups is 1. The molecule has 0 spiro atoms. The summed E-state index contributed by atoms with van der Waals surface area (Å²) in [5.74, 6) is 1.24. The third-order valence-corrected chi connectivity index (χ3v) is 5.84. The Morgan fingerprint density at radius 3 is 2.12 bits per heavy atom. The van der Waals surface area contributed by atoms with Gasteiger partial charge in [-0.2, -0.15) is 0 Å². The molecular formula is C24H35N5O3. The van der Waals surface area contributed by atoms with Crippen molar-refractivity contribution in [3.05, 3.63) is 48.0 Å². The highest BCUT2D eigenvalue weighted by atomic mass is 16.5. The third kappa shape index (κ3) is 6.27.